The molecule has 4 rings (SSSR count). The molecule has 25 heavy (non-hydrogen) atoms. The van der Waals surface area contributed by atoms with E-state index in [2.05, 4.69) is 15.5 Å². The van der Waals surface area contributed by atoms with Crippen LogP contribution in [0.2, 0.25) is 5.02 Å². The van der Waals surface area contributed by atoms with Gasteiger partial charge >= 0.3 is 0 Å². The van der Waals surface area contributed by atoms with E-state index in [1.54, 1.807) is 6.07 Å². The molecule has 0 unspecified atom stereocenters. The topological polar surface area (TPSA) is 64.6 Å². The summed E-state index contributed by atoms with van der Waals surface area (Å²) in [5, 5.41) is 17.4. The van der Waals surface area contributed by atoms with Crippen molar-refractivity contribution in [1.29, 1.82) is 0 Å². The van der Waals surface area contributed by atoms with Crippen molar-refractivity contribution in [3.63, 3.8) is 0 Å². The van der Waals surface area contributed by atoms with E-state index >= 15 is 0 Å². The maximum absolute atomic E-state index is 12.6. The first kappa shape index (κ1) is 17.1. The summed E-state index contributed by atoms with van der Waals surface area (Å²) in [7, 11) is 0. The zero-order valence-corrected chi connectivity index (χ0v) is 15.1. The maximum Gasteiger partial charge on any atom is 0.251 e. The molecule has 0 bridgehead atoms. The molecule has 0 spiro atoms. The average Bonchev–Trinajstić information content (AvgIpc) is 3.26. The van der Waals surface area contributed by atoms with Crippen molar-refractivity contribution in [3.8, 4) is 0 Å². The lowest BCUT2D eigenvalue weighted by atomic mass is 9.77. The van der Waals surface area contributed by atoms with Crippen molar-refractivity contribution in [2.75, 3.05) is 31.1 Å². The van der Waals surface area contributed by atoms with Gasteiger partial charge in [0.15, 0.2) is 0 Å². The normalized spacial score (nSPS) is 31.8. The first-order chi connectivity index (χ1) is 12.1. The molecule has 2 heterocycles. The van der Waals surface area contributed by atoms with E-state index in [4.69, 9.17) is 11.6 Å². The molecule has 1 aromatic rings. The van der Waals surface area contributed by atoms with Crippen molar-refractivity contribution in [3.05, 3.63) is 28.8 Å². The summed E-state index contributed by atoms with van der Waals surface area (Å²) in [5.74, 6) is 0.940. The maximum atomic E-state index is 12.6. The largest absolute Gasteiger partial charge is 0.391 e. The lowest BCUT2D eigenvalue weighted by Crippen LogP contribution is -2.49. The van der Waals surface area contributed by atoms with Crippen molar-refractivity contribution in [1.82, 2.24) is 10.6 Å². The number of carbonyl (C=O) groups is 1. The predicted molar refractivity (Wildman–Crippen MR) is 99.2 cm³/mol. The third-order valence-corrected chi connectivity index (χ3v) is 6.32. The number of aliphatic hydroxyl groups is 1. The van der Waals surface area contributed by atoms with Gasteiger partial charge in [-0.2, -0.15) is 0 Å². The van der Waals surface area contributed by atoms with Gasteiger partial charge < -0.3 is 20.6 Å². The van der Waals surface area contributed by atoms with Crippen LogP contribution in [-0.2, 0) is 0 Å². The van der Waals surface area contributed by atoms with Crippen LogP contribution in [0.5, 0.6) is 0 Å². The highest BCUT2D eigenvalue weighted by molar-refractivity contribution is 6.33. The number of carbonyl (C=O) groups excluding carboxylic acids is 1. The highest BCUT2D eigenvalue weighted by Gasteiger charge is 2.39. The Balaban J connectivity index is 1.43. The molecule has 1 saturated carbocycles. The Morgan fingerprint density at radius 2 is 1.92 bits per heavy atom. The van der Waals surface area contributed by atoms with Crippen LogP contribution in [0.15, 0.2) is 18.2 Å². The molecule has 6 heteroatoms. The fourth-order valence-corrected chi connectivity index (χ4v) is 4.87. The minimum Gasteiger partial charge on any atom is -0.391 e. The summed E-state index contributed by atoms with van der Waals surface area (Å²) in [6.45, 7) is 4.02. The van der Waals surface area contributed by atoms with Gasteiger partial charge in [0, 0.05) is 18.7 Å². The van der Waals surface area contributed by atoms with Gasteiger partial charge in [-0.25, -0.2) is 0 Å². The SMILES string of the molecule is O=C(N[C@H]1C[C@H]2CNC[C@H]2C[C@@H]1O)c1ccc(N2CCCC2)c(Cl)c1. The van der Waals surface area contributed by atoms with Crippen LogP contribution in [0.25, 0.3) is 0 Å². The van der Waals surface area contributed by atoms with Crippen molar-refractivity contribution in [2.45, 2.75) is 37.8 Å². The summed E-state index contributed by atoms with van der Waals surface area (Å²) in [5.41, 5.74) is 1.57. The Kier molecular flexibility index (Phi) is 4.89. The Morgan fingerprint density at radius 3 is 2.64 bits per heavy atom. The lowest BCUT2D eigenvalue weighted by molar-refractivity contribution is 0.0462. The highest BCUT2D eigenvalue weighted by Crippen LogP contribution is 2.33. The predicted octanol–water partition coefficient (Wildman–Crippen LogP) is 2.03. The molecule has 1 aliphatic carbocycles. The number of halogens is 1. The number of nitrogens with one attached hydrogen (secondary N) is 2. The first-order valence-corrected chi connectivity index (χ1v) is 9.74. The zero-order chi connectivity index (χ0) is 17.4. The van der Waals surface area contributed by atoms with Gasteiger partial charge in [0.2, 0.25) is 0 Å². The average molecular weight is 364 g/mol. The Hall–Kier alpha value is -1.30. The molecule has 5 nitrogen and oxygen atoms in total. The summed E-state index contributed by atoms with van der Waals surface area (Å²) < 4.78 is 0. The third kappa shape index (κ3) is 3.50. The first-order valence-electron chi connectivity index (χ1n) is 9.36. The summed E-state index contributed by atoms with van der Waals surface area (Å²) in [4.78, 5) is 14.9. The van der Waals surface area contributed by atoms with Crippen LogP contribution >= 0.6 is 11.6 Å². The van der Waals surface area contributed by atoms with Gasteiger partial charge in [0.1, 0.15) is 0 Å². The number of nitrogens with zero attached hydrogens (tertiary/aromatic N) is 1. The molecule has 0 aromatic heterocycles. The second-order valence-electron chi connectivity index (χ2n) is 7.66. The van der Waals surface area contributed by atoms with Crippen molar-refractivity contribution in [2.24, 2.45) is 11.8 Å². The van der Waals surface area contributed by atoms with Crippen LogP contribution in [0.4, 0.5) is 5.69 Å². The fourth-order valence-electron chi connectivity index (χ4n) is 4.57. The quantitative estimate of drug-likeness (QED) is 0.769. The Bertz CT molecular complexity index is 648. The molecule has 3 fully saturated rings. The monoisotopic (exact) mass is 363 g/mol. The number of rotatable bonds is 3. The second-order valence-corrected chi connectivity index (χ2v) is 8.06. The number of aliphatic hydroxyl groups excluding tert-OH is 1. The fraction of sp³-hybridized carbons (Fsp3) is 0.632. The van der Waals surface area contributed by atoms with Gasteiger partial charge in [0.25, 0.3) is 5.91 Å². The Labute approximate surface area is 153 Å². The Morgan fingerprint density at radius 1 is 1.20 bits per heavy atom. The third-order valence-electron chi connectivity index (χ3n) is 6.02. The van der Waals surface area contributed by atoms with E-state index < -0.39 is 6.10 Å². The molecule has 3 aliphatic rings. The van der Waals surface area contributed by atoms with Crippen LogP contribution in [0.1, 0.15) is 36.0 Å². The standard InChI is InChI=1S/C19H26ClN3O2/c20-15-7-12(3-4-17(15)23-5-1-2-6-23)19(25)22-16-8-13-10-21-11-14(13)9-18(16)24/h3-4,7,13-14,16,18,21,24H,1-2,5-6,8-11H2,(H,22,25)/t13-,14+,16-,18-/m0/s1. The van der Waals surface area contributed by atoms with Crippen LogP contribution in [0, 0.1) is 11.8 Å². The highest BCUT2D eigenvalue weighted by atomic mass is 35.5. The molecule has 2 aliphatic heterocycles. The van der Waals surface area contributed by atoms with Crippen LogP contribution in [-0.4, -0.2) is 49.3 Å². The molecule has 4 atom stereocenters. The van der Waals surface area contributed by atoms with Crippen LogP contribution < -0.4 is 15.5 Å². The molecule has 2 saturated heterocycles. The van der Waals surface area contributed by atoms with E-state index in [9.17, 15) is 9.90 Å². The van der Waals surface area contributed by atoms with E-state index in [0.29, 0.717) is 22.4 Å². The van der Waals surface area contributed by atoms with E-state index in [0.717, 1.165) is 44.7 Å². The van der Waals surface area contributed by atoms with Crippen LogP contribution in [0.3, 0.4) is 0 Å². The van der Waals surface area contributed by atoms with E-state index in [-0.39, 0.29) is 11.9 Å². The summed E-state index contributed by atoms with van der Waals surface area (Å²) in [6.07, 6.45) is 3.51. The van der Waals surface area contributed by atoms with E-state index in [1.165, 1.54) is 12.8 Å². The van der Waals surface area contributed by atoms with Gasteiger partial charge in [-0.1, -0.05) is 11.6 Å². The number of hydrogen-bond donors (Lipinski definition) is 3. The number of hydrogen-bond acceptors (Lipinski definition) is 4. The number of amides is 1. The number of benzene rings is 1. The van der Waals surface area contributed by atoms with Gasteiger partial charge in [-0.05, 0) is 68.8 Å². The van der Waals surface area contributed by atoms with Gasteiger partial charge in [-0.15, -0.1) is 0 Å². The molecule has 3 N–H and O–H groups in total. The van der Waals surface area contributed by atoms with Crippen molar-refractivity contribution < 1.29 is 9.90 Å². The van der Waals surface area contributed by atoms with E-state index in [1.807, 2.05) is 12.1 Å². The molecule has 1 aromatic carbocycles. The smallest absolute Gasteiger partial charge is 0.251 e. The lowest BCUT2D eigenvalue weighted by Gasteiger charge is -2.35. The molecular weight excluding hydrogens is 338 g/mol. The molecular formula is C19H26ClN3O2. The second kappa shape index (κ2) is 7.14. The zero-order valence-electron chi connectivity index (χ0n) is 14.4. The summed E-state index contributed by atoms with van der Waals surface area (Å²) >= 11 is 6.42. The van der Waals surface area contributed by atoms with Crippen molar-refractivity contribution >= 4 is 23.2 Å². The minimum atomic E-state index is -0.468. The number of fused-ring (bicyclic) bond motifs is 1. The molecule has 1 amide bonds. The van der Waals surface area contributed by atoms with Gasteiger partial charge in [-0.3, -0.25) is 4.79 Å². The molecule has 136 valence electrons. The van der Waals surface area contributed by atoms with Gasteiger partial charge in [0.05, 0.1) is 22.9 Å². The minimum absolute atomic E-state index is 0.150. The molecule has 0 radical (unpaired) electrons. The number of anilines is 1. The summed E-state index contributed by atoms with van der Waals surface area (Å²) in [6, 6.07) is 5.35.